The van der Waals surface area contributed by atoms with Gasteiger partial charge in [-0.15, -0.1) is 5.10 Å². The van der Waals surface area contributed by atoms with E-state index in [1.54, 1.807) is 59.4 Å². The van der Waals surface area contributed by atoms with Crippen molar-refractivity contribution in [1.82, 2.24) is 24.9 Å². The lowest BCUT2D eigenvalue weighted by molar-refractivity contribution is 0.0935. The van der Waals surface area contributed by atoms with Crippen molar-refractivity contribution in [3.05, 3.63) is 89.0 Å². The van der Waals surface area contributed by atoms with Crippen LogP contribution in [-0.2, 0) is 0 Å². The van der Waals surface area contributed by atoms with E-state index in [0.29, 0.717) is 17.1 Å². The fraction of sp³-hybridized carbons (Fsp3) is 0.174. The topological polar surface area (TPSA) is 92.5 Å². The second kappa shape index (κ2) is 8.39. The van der Waals surface area contributed by atoms with E-state index in [2.05, 4.69) is 25.3 Å². The first-order valence-electron chi connectivity index (χ1n) is 10.2. The van der Waals surface area contributed by atoms with Gasteiger partial charge in [-0.1, -0.05) is 29.8 Å². The van der Waals surface area contributed by atoms with Gasteiger partial charge in [0.2, 0.25) is 5.78 Å². The van der Waals surface area contributed by atoms with Gasteiger partial charge in [-0.25, -0.2) is 14.5 Å². The number of benzene rings is 1. The van der Waals surface area contributed by atoms with Crippen molar-refractivity contribution in [1.29, 1.82) is 0 Å². The lowest BCUT2D eigenvalue weighted by Crippen LogP contribution is -2.37. The number of amides is 1. The van der Waals surface area contributed by atoms with Gasteiger partial charge in [0.25, 0.3) is 5.91 Å². The molecule has 5 rings (SSSR count). The number of rotatable bonds is 5. The van der Waals surface area contributed by atoms with Gasteiger partial charge in [0.05, 0.1) is 0 Å². The maximum absolute atomic E-state index is 12.8. The number of fused-ring (bicyclic) bond motifs is 1. The van der Waals surface area contributed by atoms with E-state index < -0.39 is 0 Å². The minimum atomic E-state index is -0.310. The smallest absolute Gasteiger partial charge is 0.270 e. The fourth-order valence-electron chi connectivity index (χ4n) is 3.78. The van der Waals surface area contributed by atoms with Crippen LogP contribution in [0.2, 0.25) is 5.02 Å². The van der Waals surface area contributed by atoms with Crippen LogP contribution in [-0.4, -0.2) is 50.4 Å². The summed E-state index contributed by atoms with van der Waals surface area (Å²) in [5.74, 6) is 0.241. The Morgan fingerprint density at radius 3 is 2.78 bits per heavy atom. The molecule has 1 atom stereocenters. The highest BCUT2D eigenvalue weighted by molar-refractivity contribution is 6.31. The van der Waals surface area contributed by atoms with E-state index in [1.807, 2.05) is 12.1 Å². The quantitative estimate of drug-likeness (QED) is 0.474. The van der Waals surface area contributed by atoms with E-state index in [9.17, 15) is 9.59 Å². The molecule has 1 saturated heterocycles. The molecule has 32 heavy (non-hydrogen) atoms. The standard InChI is InChI=1S/C23H19ClN6O2/c24-16-4-1-3-15(13-16)22(31)18-5-2-6-19(27-18)23(32)26-17-9-11-29(14-17)21-8-7-20-25-10-12-30(20)28-21/h1-8,10,12-13,17H,9,11,14H2,(H,26,32)/t17-/m0/s1. The first-order chi connectivity index (χ1) is 15.6. The summed E-state index contributed by atoms with van der Waals surface area (Å²) in [6.45, 7) is 1.42. The molecule has 4 aromatic rings. The van der Waals surface area contributed by atoms with Gasteiger partial charge in [0.15, 0.2) is 5.65 Å². The summed E-state index contributed by atoms with van der Waals surface area (Å²) in [5.41, 5.74) is 1.62. The van der Waals surface area contributed by atoms with E-state index in [4.69, 9.17) is 11.6 Å². The molecule has 1 aromatic carbocycles. The Hall–Kier alpha value is -3.78. The van der Waals surface area contributed by atoms with Gasteiger partial charge >= 0.3 is 0 Å². The number of pyridine rings is 1. The Bertz CT molecular complexity index is 1320. The van der Waals surface area contributed by atoms with Crippen molar-refractivity contribution >= 4 is 34.8 Å². The molecule has 0 unspecified atom stereocenters. The molecule has 160 valence electrons. The number of hydrogen-bond donors (Lipinski definition) is 1. The van der Waals surface area contributed by atoms with E-state index in [-0.39, 0.29) is 29.1 Å². The monoisotopic (exact) mass is 446 g/mol. The Morgan fingerprint density at radius 2 is 1.91 bits per heavy atom. The third kappa shape index (κ3) is 4.04. The molecule has 4 heterocycles. The number of aromatic nitrogens is 4. The fourth-order valence-corrected chi connectivity index (χ4v) is 3.97. The zero-order valence-electron chi connectivity index (χ0n) is 17.0. The molecule has 9 heteroatoms. The number of imidazole rings is 1. The second-order valence-corrected chi connectivity index (χ2v) is 8.01. The molecule has 0 bridgehead atoms. The van der Waals surface area contributed by atoms with Crippen molar-refractivity contribution < 1.29 is 9.59 Å². The average Bonchev–Trinajstić information content (AvgIpc) is 3.47. The summed E-state index contributed by atoms with van der Waals surface area (Å²) in [7, 11) is 0. The number of carbonyl (C=O) groups is 2. The van der Waals surface area contributed by atoms with Crippen molar-refractivity contribution in [2.45, 2.75) is 12.5 Å². The van der Waals surface area contributed by atoms with Gasteiger partial charge in [-0.2, -0.15) is 0 Å². The summed E-state index contributed by atoms with van der Waals surface area (Å²) in [5, 5.41) is 8.05. The summed E-state index contributed by atoms with van der Waals surface area (Å²) >= 11 is 5.98. The highest BCUT2D eigenvalue weighted by Gasteiger charge is 2.26. The normalized spacial score (nSPS) is 15.8. The van der Waals surface area contributed by atoms with Crippen LogP contribution in [0.25, 0.3) is 5.65 Å². The number of nitrogens with zero attached hydrogens (tertiary/aromatic N) is 5. The number of carbonyl (C=O) groups excluding carboxylic acids is 2. The van der Waals surface area contributed by atoms with Crippen molar-refractivity contribution in [3.63, 3.8) is 0 Å². The predicted molar refractivity (Wildman–Crippen MR) is 120 cm³/mol. The second-order valence-electron chi connectivity index (χ2n) is 7.57. The number of nitrogens with one attached hydrogen (secondary N) is 1. The van der Waals surface area contributed by atoms with Gasteiger partial charge < -0.3 is 10.2 Å². The van der Waals surface area contributed by atoms with Crippen LogP contribution >= 0.6 is 11.6 Å². The number of hydrogen-bond acceptors (Lipinski definition) is 6. The molecular formula is C23H19ClN6O2. The van der Waals surface area contributed by atoms with Crippen LogP contribution < -0.4 is 10.2 Å². The zero-order chi connectivity index (χ0) is 22.1. The molecular weight excluding hydrogens is 428 g/mol. The molecule has 1 fully saturated rings. The lowest BCUT2D eigenvalue weighted by Gasteiger charge is -2.18. The van der Waals surface area contributed by atoms with Crippen LogP contribution in [0.15, 0.2) is 67.0 Å². The van der Waals surface area contributed by atoms with Gasteiger partial charge in [-0.3, -0.25) is 9.59 Å². The van der Waals surface area contributed by atoms with Gasteiger partial charge in [-0.05, 0) is 42.8 Å². The molecule has 8 nitrogen and oxygen atoms in total. The number of ketones is 1. The summed E-state index contributed by atoms with van der Waals surface area (Å²) in [4.78, 5) is 36.1. The van der Waals surface area contributed by atoms with Crippen LogP contribution in [0.1, 0.15) is 33.0 Å². The molecule has 0 radical (unpaired) electrons. The predicted octanol–water partition coefficient (Wildman–Crippen LogP) is 3.02. The van der Waals surface area contributed by atoms with Crippen LogP contribution in [0.3, 0.4) is 0 Å². The SMILES string of the molecule is O=C(N[C@H]1CCN(c2ccc3nccn3n2)C1)c1cccc(C(=O)c2cccc(Cl)c2)n1. The maximum Gasteiger partial charge on any atom is 0.270 e. The molecule has 1 aliphatic heterocycles. The molecule has 0 aliphatic carbocycles. The van der Waals surface area contributed by atoms with Crippen molar-refractivity contribution in [3.8, 4) is 0 Å². The molecule has 0 saturated carbocycles. The number of anilines is 1. The summed E-state index contributed by atoms with van der Waals surface area (Å²) in [6.07, 6.45) is 4.30. The van der Waals surface area contributed by atoms with E-state index in [1.165, 1.54) is 0 Å². The van der Waals surface area contributed by atoms with Gasteiger partial charge in [0, 0.05) is 42.1 Å². The van der Waals surface area contributed by atoms with Crippen molar-refractivity contribution in [2.75, 3.05) is 18.0 Å². The van der Waals surface area contributed by atoms with Crippen LogP contribution in [0.5, 0.6) is 0 Å². The third-order valence-corrected chi connectivity index (χ3v) is 5.62. The Balaban J connectivity index is 1.26. The summed E-state index contributed by atoms with van der Waals surface area (Å²) < 4.78 is 1.73. The van der Waals surface area contributed by atoms with Crippen LogP contribution in [0, 0.1) is 0 Å². The summed E-state index contributed by atoms with van der Waals surface area (Å²) in [6, 6.07) is 15.3. The maximum atomic E-state index is 12.8. The first kappa shape index (κ1) is 20.1. The van der Waals surface area contributed by atoms with Crippen molar-refractivity contribution in [2.24, 2.45) is 0 Å². The minimum absolute atomic E-state index is 0.0446. The minimum Gasteiger partial charge on any atom is -0.353 e. The van der Waals surface area contributed by atoms with E-state index in [0.717, 1.165) is 24.4 Å². The lowest BCUT2D eigenvalue weighted by atomic mass is 10.1. The molecule has 1 aliphatic rings. The van der Waals surface area contributed by atoms with E-state index >= 15 is 0 Å². The highest BCUT2D eigenvalue weighted by atomic mass is 35.5. The van der Waals surface area contributed by atoms with Gasteiger partial charge in [0.1, 0.15) is 17.2 Å². The average molecular weight is 447 g/mol. The Morgan fingerprint density at radius 1 is 1.06 bits per heavy atom. The molecule has 1 amide bonds. The van der Waals surface area contributed by atoms with Crippen LogP contribution in [0.4, 0.5) is 5.82 Å². The molecule has 0 spiro atoms. The first-order valence-corrected chi connectivity index (χ1v) is 10.6. The molecule has 3 aromatic heterocycles. The third-order valence-electron chi connectivity index (χ3n) is 5.39. The highest BCUT2D eigenvalue weighted by Crippen LogP contribution is 2.19. The molecule has 1 N–H and O–H groups in total. The largest absolute Gasteiger partial charge is 0.353 e. The number of halogens is 1. The Kier molecular flexibility index (Phi) is 5.28. The zero-order valence-corrected chi connectivity index (χ0v) is 17.7. The Labute approximate surface area is 188 Å².